The van der Waals surface area contributed by atoms with Crippen LogP contribution in [0.5, 0.6) is 0 Å². The molecule has 0 aliphatic carbocycles. The molecule has 7 nitrogen and oxygen atoms in total. The second-order valence-corrected chi connectivity index (χ2v) is 5.77. The van der Waals surface area contributed by atoms with E-state index in [-0.39, 0.29) is 11.9 Å². The van der Waals surface area contributed by atoms with Crippen LogP contribution in [0.3, 0.4) is 0 Å². The monoisotopic (exact) mass is 337 g/mol. The van der Waals surface area contributed by atoms with Gasteiger partial charge in [0.2, 0.25) is 0 Å². The molecule has 1 aromatic carbocycles. The Morgan fingerprint density at radius 1 is 1.20 bits per heavy atom. The fourth-order valence-corrected chi connectivity index (χ4v) is 2.73. The van der Waals surface area contributed by atoms with Crippen LogP contribution in [0.2, 0.25) is 0 Å². The molecule has 0 bridgehead atoms. The van der Waals surface area contributed by atoms with Crippen LogP contribution in [0.25, 0.3) is 16.9 Å². The Morgan fingerprint density at radius 2 is 2.08 bits per heavy atom. The average Bonchev–Trinajstić information content (AvgIpc) is 3.26. The molecule has 0 aliphatic heterocycles. The van der Waals surface area contributed by atoms with Crippen LogP contribution in [0.15, 0.2) is 55.2 Å². The normalized spacial score (nSPS) is 12.4. The van der Waals surface area contributed by atoms with E-state index in [4.69, 9.17) is 0 Å². The minimum atomic E-state index is -0.305. The molecule has 0 spiro atoms. The van der Waals surface area contributed by atoms with Crippen molar-refractivity contribution >= 4 is 11.5 Å². The predicted octanol–water partition coefficient (Wildman–Crippen LogP) is 2.63. The van der Waals surface area contributed by atoms with E-state index in [9.17, 15) is 4.39 Å². The SMILES string of the molecule is CC(Cn1cncn1)Nc1cc(-c2ccccc2F)nc2ccnn12. The summed E-state index contributed by atoms with van der Waals surface area (Å²) in [4.78, 5) is 8.45. The van der Waals surface area contributed by atoms with Gasteiger partial charge in [-0.3, -0.25) is 4.68 Å². The Hall–Kier alpha value is -3.29. The van der Waals surface area contributed by atoms with Gasteiger partial charge in [0.1, 0.15) is 24.3 Å². The first-order valence-electron chi connectivity index (χ1n) is 7.89. The highest BCUT2D eigenvalue weighted by atomic mass is 19.1. The fraction of sp³-hybridized carbons (Fsp3) is 0.176. The molecule has 3 aromatic heterocycles. The lowest BCUT2D eigenvalue weighted by Gasteiger charge is -2.16. The van der Waals surface area contributed by atoms with E-state index in [0.29, 0.717) is 23.4 Å². The van der Waals surface area contributed by atoms with Gasteiger partial charge in [-0.25, -0.2) is 14.4 Å². The van der Waals surface area contributed by atoms with Gasteiger partial charge in [-0.1, -0.05) is 12.1 Å². The third-order valence-electron chi connectivity index (χ3n) is 3.83. The van der Waals surface area contributed by atoms with E-state index in [2.05, 4.69) is 25.5 Å². The van der Waals surface area contributed by atoms with Crippen molar-refractivity contribution < 1.29 is 4.39 Å². The summed E-state index contributed by atoms with van der Waals surface area (Å²) < 4.78 is 17.6. The van der Waals surface area contributed by atoms with Crippen LogP contribution in [0, 0.1) is 5.82 Å². The summed E-state index contributed by atoms with van der Waals surface area (Å²) in [6.45, 7) is 2.67. The Labute approximate surface area is 143 Å². The molecule has 8 heteroatoms. The molecule has 0 saturated carbocycles. The number of aromatic nitrogens is 6. The molecule has 4 rings (SSSR count). The van der Waals surface area contributed by atoms with Crippen molar-refractivity contribution in [2.45, 2.75) is 19.5 Å². The van der Waals surface area contributed by atoms with E-state index in [1.165, 1.54) is 12.4 Å². The maximum absolute atomic E-state index is 14.1. The van der Waals surface area contributed by atoms with Crippen LogP contribution in [-0.2, 0) is 6.54 Å². The molecule has 126 valence electrons. The van der Waals surface area contributed by atoms with Crippen molar-refractivity contribution in [3.05, 3.63) is 61.1 Å². The number of anilines is 1. The lowest BCUT2D eigenvalue weighted by Crippen LogP contribution is -2.23. The molecule has 0 aliphatic rings. The van der Waals surface area contributed by atoms with Gasteiger partial charge in [0, 0.05) is 23.7 Å². The van der Waals surface area contributed by atoms with Crippen molar-refractivity contribution in [2.24, 2.45) is 0 Å². The minimum absolute atomic E-state index is 0.0602. The van der Waals surface area contributed by atoms with Crippen LogP contribution >= 0.6 is 0 Å². The number of nitrogens with zero attached hydrogens (tertiary/aromatic N) is 6. The van der Waals surface area contributed by atoms with Gasteiger partial charge in [0.05, 0.1) is 18.4 Å². The lowest BCUT2D eigenvalue weighted by molar-refractivity contribution is 0.557. The number of fused-ring (bicyclic) bond motifs is 1. The maximum Gasteiger partial charge on any atom is 0.157 e. The Balaban J connectivity index is 1.70. The zero-order valence-electron chi connectivity index (χ0n) is 13.5. The molecule has 0 amide bonds. The summed E-state index contributed by atoms with van der Waals surface area (Å²) >= 11 is 0. The molecule has 0 fully saturated rings. The first-order chi connectivity index (χ1) is 12.2. The highest BCUT2D eigenvalue weighted by Crippen LogP contribution is 2.24. The summed E-state index contributed by atoms with van der Waals surface area (Å²) in [6, 6.07) is 10.3. The minimum Gasteiger partial charge on any atom is -0.366 e. The zero-order valence-corrected chi connectivity index (χ0v) is 13.5. The van der Waals surface area contributed by atoms with Crippen molar-refractivity contribution in [1.29, 1.82) is 0 Å². The average molecular weight is 337 g/mol. The van der Waals surface area contributed by atoms with Crippen molar-refractivity contribution in [3.8, 4) is 11.3 Å². The van der Waals surface area contributed by atoms with Crippen molar-refractivity contribution in [2.75, 3.05) is 5.32 Å². The summed E-state index contributed by atoms with van der Waals surface area (Å²) in [5.74, 6) is 0.432. The molecule has 1 N–H and O–H groups in total. The predicted molar refractivity (Wildman–Crippen MR) is 91.5 cm³/mol. The molecule has 4 aromatic rings. The van der Waals surface area contributed by atoms with E-state index in [0.717, 1.165) is 5.82 Å². The van der Waals surface area contributed by atoms with E-state index >= 15 is 0 Å². The van der Waals surface area contributed by atoms with Crippen molar-refractivity contribution in [1.82, 2.24) is 29.4 Å². The Bertz CT molecular complexity index is 993. The summed E-state index contributed by atoms with van der Waals surface area (Å²) in [7, 11) is 0. The Morgan fingerprint density at radius 3 is 2.88 bits per heavy atom. The van der Waals surface area contributed by atoms with Crippen LogP contribution in [0.4, 0.5) is 10.2 Å². The van der Waals surface area contributed by atoms with Crippen molar-refractivity contribution in [3.63, 3.8) is 0 Å². The summed E-state index contributed by atoms with van der Waals surface area (Å²) in [5.41, 5.74) is 1.66. The highest BCUT2D eigenvalue weighted by molar-refractivity contribution is 5.66. The number of hydrogen-bond donors (Lipinski definition) is 1. The van der Waals surface area contributed by atoms with Gasteiger partial charge in [0.25, 0.3) is 0 Å². The lowest BCUT2D eigenvalue weighted by atomic mass is 10.1. The van der Waals surface area contributed by atoms with E-state index < -0.39 is 0 Å². The number of hydrogen-bond acceptors (Lipinski definition) is 5. The molecular formula is C17H16FN7. The first kappa shape index (κ1) is 15.3. The maximum atomic E-state index is 14.1. The molecule has 1 unspecified atom stereocenters. The second kappa shape index (κ2) is 6.31. The van der Waals surface area contributed by atoms with Gasteiger partial charge >= 0.3 is 0 Å². The molecule has 0 radical (unpaired) electrons. The third-order valence-corrected chi connectivity index (χ3v) is 3.83. The molecule has 0 saturated heterocycles. The summed E-state index contributed by atoms with van der Waals surface area (Å²) in [6.07, 6.45) is 4.83. The van der Waals surface area contributed by atoms with E-state index in [1.54, 1.807) is 52.1 Å². The third kappa shape index (κ3) is 3.06. The van der Waals surface area contributed by atoms with Gasteiger partial charge in [-0.15, -0.1) is 0 Å². The molecule has 1 atom stereocenters. The number of nitrogens with one attached hydrogen (secondary N) is 1. The van der Waals surface area contributed by atoms with Gasteiger partial charge in [-0.05, 0) is 19.1 Å². The number of benzene rings is 1. The van der Waals surface area contributed by atoms with Crippen LogP contribution in [0.1, 0.15) is 6.92 Å². The fourth-order valence-electron chi connectivity index (χ4n) is 2.73. The Kier molecular flexibility index (Phi) is 3.85. The van der Waals surface area contributed by atoms with E-state index in [1.807, 2.05) is 6.92 Å². The molecular weight excluding hydrogens is 321 g/mol. The summed E-state index contributed by atoms with van der Waals surface area (Å²) in [5, 5.41) is 11.8. The first-order valence-corrected chi connectivity index (χ1v) is 7.89. The topological polar surface area (TPSA) is 72.9 Å². The van der Waals surface area contributed by atoms with Gasteiger partial charge in [-0.2, -0.15) is 14.7 Å². The van der Waals surface area contributed by atoms with Crippen LogP contribution < -0.4 is 5.32 Å². The standard InChI is InChI=1S/C17H16FN7/c1-12(9-24-11-19-10-21-24)22-17-8-15(13-4-2-3-5-14(13)18)23-16-6-7-20-25(16)17/h2-8,10-12,22H,9H2,1H3. The number of halogens is 1. The largest absolute Gasteiger partial charge is 0.366 e. The quantitative estimate of drug-likeness (QED) is 0.606. The molecule has 25 heavy (non-hydrogen) atoms. The number of rotatable bonds is 5. The van der Waals surface area contributed by atoms with Gasteiger partial charge < -0.3 is 5.32 Å². The molecule has 3 heterocycles. The second-order valence-electron chi connectivity index (χ2n) is 5.77. The highest BCUT2D eigenvalue weighted by Gasteiger charge is 2.13. The zero-order chi connectivity index (χ0) is 17.2. The van der Waals surface area contributed by atoms with Crippen LogP contribution in [-0.4, -0.2) is 35.4 Å². The smallest absolute Gasteiger partial charge is 0.157 e. The van der Waals surface area contributed by atoms with Gasteiger partial charge in [0.15, 0.2) is 5.65 Å².